The molecule has 3 heterocycles. The van der Waals surface area contributed by atoms with Gasteiger partial charge in [0.15, 0.2) is 0 Å². The van der Waals surface area contributed by atoms with Crippen LogP contribution >= 0.6 is 11.6 Å². The minimum Gasteiger partial charge on any atom is -0.497 e. The van der Waals surface area contributed by atoms with Gasteiger partial charge in [-0.2, -0.15) is 0 Å². The zero-order valence-electron chi connectivity index (χ0n) is 26.6. The fraction of sp³-hybridized carbons (Fsp3) is 0.424. The first-order valence-electron chi connectivity index (χ1n) is 15.6. The maximum Gasteiger partial charge on any atom is 0.331 e. The number of urea groups is 1. The molecule has 2 aromatic carbocycles. The van der Waals surface area contributed by atoms with E-state index in [4.69, 9.17) is 16.3 Å². The number of hydrogen-bond acceptors (Lipinski definition) is 6. The summed E-state index contributed by atoms with van der Waals surface area (Å²) in [5.41, 5.74) is 0.291. The zero-order chi connectivity index (χ0) is 33.8. The summed E-state index contributed by atoms with van der Waals surface area (Å²) < 4.78 is 21.8. The largest absolute Gasteiger partial charge is 0.497 e. The lowest BCUT2D eigenvalue weighted by Gasteiger charge is -2.38. The Bertz CT molecular complexity index is 1800. The highest BCUT2D eigenvalue weighted by Gasteiger charge is 2.32. The van der Waals surface area contributed by atoms with Gasteiger partial charge in [0, 0.05) is 56.1 Å². The number of carbonyl (C=O) groups is 3. The normalized spacial score (nSPS) is 15.8. The molecule has 2 N–H and O–H groups in total. The van der Waals surface area contributed by atoms with E-state index in [0.717, 1.165) is 32.2 Å². The monoisotopic (exact) mass is 668 g/mol. The molecule has 0 bridgehead atoms. The van der Waals surface area contributed by atoms with E-state index in [2.05, 4.69) is 10.6 Å². The number of methoxy groups -OCH3 is 1. The smallest absolute Gasteiger partial charge is 0.331 e. The van der Waals surface area contributed by atoms with Gasteiger partial charge in [0.05, 0.1) is 23.7 Å². The van der Waals surface area contributed by atoms with Crippen LogP contribution in [-0.4, -0.2) is 76.1 Å². The summed E-state index contributed by atoms with van der Waals surface area (Å²) in [5.74, 6) is -0.622. The Morgan fingerprint density at radius 3 is 2.55 bits per heavy atom. The number of fused-ring (bicyclic) bond motifs is 1. The van der Waals surface area contributed by atoms with Crippen LogP contribution in [0.15, 0.2) is 52.2 Å². The second kappa shape index (κ2) is 14.4. The van der Waals surface area contributed by atoms with Crippen molar-refractivity contribution < 1.29 is 23.5 Å². The van der Waals surface area contributed by atoms with Crippen molar-refractivity contribution >= 4 is 35.1 Å². The SMILES string of the molecule is CCC(=O)NCC(C)n1c(=O)c(-c2cccc(F)c2Cl)cn(CC(=O)N2CCC(N3CCc4cc(OC)ccc4NC3=O)CC2)c1=O. The van der Waals surface area contributed by atoms with Gasteiger partial charge in [0.25, 0.3) is 5.56 Å². The molecule has 47 heavy (non-hydrogen) atoms. The van der Waals surface area contributed by atoms with Crippen molar-refractivity contribution in [1.82, 2.24) is 24.3 Å². The van der Waals surface area contributed by atoms with Gasteiger partial charge in [-0.05, 0) is 56.0 Å². The third-order valence-corrected chi connectivity index (χ3v) is 9.17. The van der Waals surface area contributed by atoms with Gasteiger partial charge in [0.1, 0.15) is 18.1 Å². The molecule has 2 aliphatic rings. The number of piperidine rings is 1. The van der Waals surface area contributed by atoms with Crippen LogP contribution in [0, 0.1) is 5.82 Å². The third kappa shape index (κ3) is 7.19. The molecule has 1 unspecified atom stereocenters. The lowest BCUT2D eigenvalue weighted by atomic mass is 10.0. The molecule has 3 aromatic rings. The molecular formula is C33H38ClFN6O6. The van der Waals surface area contributed by atoms with Gasteiger partial charge in [-0.25, -0.2) is 14.0 Å². The first-order chi connectivity index (χ1) is 22.5. The fourth-order valence-electron chi connectivity index (χ4n) is 6.07. The van der Waals surface area contributed by atoms with E-state index in [9.17, 15) is 28.4 Å². The molecule has 14 heteroatoms. The fourth-order valence-corrected chi connectivity index (χ4v) is 6.30. The standard InChI is InChI=1S/C33H38ClFN6O6/c1-4-28(42)36-17-20(2)41-31(44)25(24-6-5-7-26(35)30(24)34)18-39(33(41)46)19-29(43)38-13-11-22(12-14-38)40-15-10-21-16-23(47-3)8-9-27(21)37-32(40)45/h5-9,16,18,20,22H,4,10-15,17,19H2,1-3H3,(H,36,42)(H,37,45). The Hall–Kier alpha value is -4.65. The Kier molecular flexibility index (Phi) is 10.3. The van der Waals surface area contributed by atoms with Crippen LogP contribution in [0.3, 0.4) is 0 Å². The number of ether oxygens (including phenoxy) is 1. The average molecular weight is 669 g/mol. The van der Waals surface area contributed by atoms with Gasteiger partial charge in [-0.15, -0.1) is 0 Å². The molecule has 0 radical (unpaired) electrons. The quantitative estimate of drug-likeness (QED) is 0.358. The molecule has 5 rings (SSSR count). The molecule has 1 atom stereocenters. The summed E-state index contributed by atoms with van der Waals surface area (Å²) in [4.78, 5) is 69.2. The average Bonchev–Trinajstić information content (AvgIpc) is 3.23. The second-order valence-electron chi connectivity index (χ2n) is 11.7. The van der Waals surface area contributed by atoms with Gasteiger partial charge in [0.2, 0.25) is 11.8 Å². The molecule has 4 amide bonds. The van der Waals surface area contributed by atoms with Crippen molar-refractivity contribution in [3.05, 3.63) is 79.8 Å². The molecule has 0 aliphatic carbocycles. The molecule has 2 aliphatic heterocycles. The van der Waals surface area contributed by atoms with Crippen molar-refractivity contribution in [3.63, 3.8) is 0 Å². The first-order valence-corrected chi connectivity index (χ1v) is 16.0. The Morgan fingerprint density at radius 1 is 1.11 bits per heavy atom. The van der Waals surface area contributed by atoms with Crippen LogP contribution in [-0.2, 0) is 22.6 Å². The minimum atomic E-state index is -0.776. The molecule has 1 saturated heterocycles. The Labute approximate surface area is 276 Å². The molecule has 12 nitrogen and oxygen atoms in total. The van der Waals surface area contributed by atoms with Crippen molar-refractivity contribution in [1.29, 1.82) is 0 Å². The van der Waals surface area contributed by atoms with E-state index in [1.807, 2.05) is 17.0 Å². The lowest BCUT2D eigenvalue weighted by molar-refractivity contribution is -0.133. The van der Waals surface area contributed by atoms with Crippen molar-refractivity contribution in [2.24, 2.45) is 0 Å². The van der Waals surface area contributed by atoms with Crippen LogP contribution < -0.4 is 26.6 Å². The predicted molar refractivity (Wildman–Crippen MR) is 175 cm³/mol. The van der Waals surface area contributed by atoms with E-state index in [0.29, 0.717) is 38.9 Å². The van der Waals surface area contributed by atoms with Crippen molar-refractivity contribution in [2.45, 2.75) is 58.2 Å². The Morgan fingerprint density at radius 2 is 1.85 bits per heavy atom. The van der Waals surface area contributed by atoms with Crippen LogP contribution in [0.5, 0.6) is 5.75 Å². The number of aromatic nitrogens is 2. The van der Waals surface area contributed by atoms with Gasteiger partial charge >= 0.3 is 11.7 Å². The minimum absolute atomic E-state index is 0.00762. The van der Waals surface area contributed by atoms with Crippen molar-refractivity contribution in [2.75, 3.05) is 38.6 Å². The molecule has 0 saturated carbocycles. The Balaban J connectivity index is 1.34. The lowest BCUT2D eigenvalue weighted by Crippen LogP contribution is -2.51. The van der Waals surface area contributed by atoms with Crippen LogP contribution in [0.1, 0.15) is 44.7 Å². The summed E-state index contributed by atoms with van der Waals surface area (Å²) in [6.45, 7) is 4.14. The molecule has 1 fully saturated rings. The van der Waals surface area contributed by atoms with Crippen molar-refractivity contribution in [3.8, 4) is 16.9 Å². The third-order valence-electron chi connectivity index (χ3n) is 8.78. The summed E-state index contributed by atoms with van der Waals surface area (Å²) in [7, 11) is 1.60. The number of nitrogens with one attached hydrogen (secondary N) is 2. The summed E-state index contributed by atoms with van der Waals surface area (Å²) in [5, 5.41) is 5.38. The number of amides is 4. The summed E-state index contributed by atoms with van der Waals surface area (Å²) >= 11 is 6.23. The van der Waals surface area contributed by atoms with E-state index < -0.39 is 23.1 Å². The predicted octanol–water partition coefficient (Wildman–Crippen LogP) is 3.65. The maximum absolute atomic E-state index is 14.4. The van der Waals surface area contributed by atoms with E-state index in [-0.39, 0.29) is 59.5 Å². The number of nitrogens with zero attached hydrogens (tertiary/aromatic N) is 4. The highest BCUT2D eigenvalue weighted by Crippen LogP contribution is 2.29. The first kappa shape index (κ1) is 33.7. The van der Waals surface area contributed by atoms with Gasteiger partial charge in [-0.3, -0.25) is 23.5 Å². The maximum atomic E-state index is 14.4. The van der Waals surface area contributed by atoms with E-state index >= 15 is 0 Å². The number of hydrogen-bond donors (Lipinski definition) is 2. The highest BCUT2D eigenvalue weighted by molar-refractivity contribution is 6.33. The molecule has 0 spiro atoms. The highest BCUT2D eigenvalue weighted by atomic mass is 35.5. The number of rotatable bonds is 9. The topological polar surface area (TPSA) is 135 Å². The van der Waals surface area contributed by atoms with Crippen LogP contribution in [0.4, 0.5) is 14.9 Å². The van der Waals surface area contributed by atoms with Crippen LogP contribution in [0.25, 0.3) is 11.1 Å². The van der Waals surface area contributed by atoms with Gasteiger partial charge in [-0.1, -0.05) is 30.7 Å². The number of benzene rings is 2. The van der Waals surface area contributed by atoms with Gasteiger partial charge < -0.3 is 25.2 Å². The molecule has 1 aromatic heterocycles. The number of carbonyl (C=O) groups excluding carboxylic acids is 3. The van der Waals surface area contributed by atoms with E-state index in [1.165, 1.54) is 18.3 Å². The second-order valence-corrected chi connectivity index (χ2v) is 12.1. The number of anilines is 1. The summed E-state index contributed by atoms with van der Waals surface area (Å²) in [6.07, 6.45) is 3.21. The molecule has 250 valence electrons. The number of halogens is 2. The summed E-state index contributed by atoms with van der Waals surface area (Å²) in [6, 6.07) is 8.52. The van der Waals surface area contributed by atoms with Crippen LogP contribution in [0.2, 0.25) is 5.02 Å². The van der Waals surface area contributed by atoms with E-state index in [1.54, 1.807) is 31.9 Å². The molecular weight excluding hydrogens is 631 g/mol. The zero-order valence-corrected chi connectivity index (χ0v) is 27.3. The number of likely N-dealkylation sites (tertiary alicyclic amines) is 1.